The van der Waals surface area contributed by atoms with Crippen LogP contribution in [0.4, 0.5) is 0 Å². The zero-order chi connectivity index (χ0) is 13.6. The van der Waals surface area contributed by atoms with Gasteiger partial charge in [-0.05, 0) is 65.3 Å². The molecule has 1 heterocycles. The van der Waals surface area contributed by atoms with Crippen molar-refractivity contribution in [3.8, 4) is 0 Å². The molecule has 0 atom stereocenters. The van der Waals surface area contributed by atoms with Crippen molar-refractivity contribution in [1.82, 2.24) is 9.80 Å². The molecule has 3 nitrogen and oxygen atoms in total. The Bertz CT molecular complexity index is 240. The van der Waals surface area contributed by atoms with Crippen molar-refractivity contribution in [2.75, 3.05) is 39.8 Å². The van der Waals surface area contributed by atoms with E-state index in [0.29, 0.717) is 5.54 Å². The van der Waals surface area contributed by atoms with E-state index in [2.05, 4.69) is 16.8 Å². The molecular formula is C16H33N3. The monoisotopic (exact) mass is 267 g/mol. The molecule has 112 valence electrons. The second-order valence-electron chi connectivity index (χ2n) is 6.67. The van der Waals surface area contributed by atoms with E-state index in [1.165, 1.54) is 84.0 Å². The second kappa shape index (κ2) is 7.61. The van der Waals surface area contributed by atoms with E-state index in [1.807, 2.05) is 0 Å². The summed E-state index contributed by atoms with van der Waals surface area (Å²) in [7, 11) is 2.31. The van der Waals surface area contributed by atoms with E-state index >= 15 is 0 Å². The minimum Gasteiger partial charge on any atom is -0.329 e. The maximum atomic E-state index is 6.15. The molecule has 0 aromatic heterocycles. The molecule has 3 heteroatoms. The highest BCUT2D eigenvalue weighted by Crippen LogP contribution is 2.31. The van der Waals surface area contributed by atoms with E-state index in [4.69, 9.17) is 5.73 Å². The van der Waals surface area contributed by atoms with Gasteiger partial charge in [0.05, 0.1) is 0 Å². The van der Waals surface area contributed by atoms with Crippen LogP contribution in [-0.2, 0) is 0 Å². The Hall–Kier alpha value is -0.120. The molecule has 0 bridgehead atoms. The SMILES string of the molecule is CN(CCCN1CCCC1)C1(CN)CCCCCC1. The van der Waals surface area contributed by atoms with Crippen LogP contribution in [0.5, 0.6) is 0 Å². The third kappa shape index (κ3) is 4.17. The van der Waals surface area contributed by atoms with Crippen molar-refractivity contribution in [3.63, 3.8) is 0 Å². The Balaban J connectivity index is 1.76. The lowest BCUT2D eigenvalue weighted by molar-refractivity contribution is 0.102. The number of hydrogen-bond acceptors (Lipinski definition) is 3. The predicted molar refractivity (Wildman–Crippen MR) is 82.4 cm³/mol. The molecule has 0 unspecified atom stereocenters. The highest BCUT2D eigenvalue weighted by atomic mass is 15.2. The molecule has 0 radical (unpaired) electrons. The van der Waals surface area contributed by atoms with Crippen LogP contribution in [0.1, 0.15) is 57.8 Å². The number of likely N-dealkylation sites (tertiary alicyclic amines) is 1. The van der Waals surface area contributed by atoms with Crippen LogP contribution >= 0.6 is 0 Å². The third-order valence-corrected chi connectivity index (χ3v) is 5.39. The molecule has 0 spiro atoms. The minimum absolute atomic E-state index is 0.307. The van der Waals surface area contributed by atoms with Gasteiger partial charge in [0.25, 0.3) is 0 Å². The first-order valence-corrected chi connectivity index (χ1v) is 8.40. The van der Waals surface area contributed by atoms with Gasteiger partial charge in [0.15, 0.2) is 0 Å². The second-order valence-corrected chi connectivity index (χ2v) is 6.67. The summed E-state index contributed by atoms with van der Waals surface area (Å²) >= 11 is 0. The Kier molecular flexibility index (Phi) is 6.11. The van der Waals surface area contributed by atoms with E-state index in [1.54, 1.807) is 0 Å². The number of likely N-dealkylation sites (N-methyl/N-ethyl adjacent to an activating group) is 1. The molecule has 1 aliphatic heterocycles. The average molecular weight is 267 g/mol. The van der Waals surface area contributed by atoms with Gasteiger partial charge in [-0.2, -0.15) is 0 Å². The average Bonchev–Trinajstić information content (AvgIpc) is 2.82. The van der Waals surface area contributed by atoms with E-state index < -0.39 is 0 Å². The van der Waals surface area contributed by atoms with Crippen molar-refractivity contribution in [2.24, 2.45) is 5.73 Å². The Morgan fingerprint density at radius 2 is 1.63 bits per heavy atom. The Labute approximate surface area is 119 Å². The first kappa shape index (κ1) is 15.3. The maximum Gasteiger partial charge on any atom is 0.0328 e. The zero-order valence-electron chi connectivity index (χ0n) is 12.9. The van der Waals surface area contributed by atoms with Gasteiger partial charge in [-0.25, -0.2) is 0 Å². The van der Waals surface area contributed by atoms with Crippen LogP contribution in [0.2, 0.25) is 0 Å². The van der Waals surface area contributed by atoms with Gasteiger partial charge >= 0.3 is 0 Å². The normalized spacial score (nSPS) is 24.8. The smallest absolute Gasteiger partial charge is 0.0328 e. The van der Waals surface area contributed by atoms with Crippen LogP contribution in [0, 0.1) is 0 Å². The van der Waals surface area contributed by atoms with Crippen molar-refractivity contribution < 1.29 is 0 Å². The first-order chi connectivity index (χ1) is 9.27. The number of nitrogens with two attached hydrogens (primary N) is 1. The van der Waals surface area contributed by atoms with Gasteiger partial charge in [-0.1, -0.05) is 25.7 Å². The molecule has 1 saturated heterocycles. The lowest BCUT2D eigenvalue weighted by Gasteiger charge is -2.41. The van der Waals surface area contributed by atoms with Gasteiger partial charge in [-0.3, -0.25) is 4.90 Å². The fourth-order valence-electron chi connectivity index (χ4n) is 3.90. The summed E-state index contributed by atoms with van der Waals surface area (Å²) in [4.78, 5) is 5.21. The largest absolute Gasteiger partial charge is 0.329 e. The summed E-state index contributed by atoms with van der Waals surface area (Å²) in [6, 6.07) is 0. The van der Waals surface area contributed by atoms with Gasteiger partial charge in [0.1, 0.15) is 0 Å². The van der Waals surface area contributed by atoms with Crippen LogP contribution in [0.25, 0.3) is 0 Å². The zero-order valence-corrected chi connectivity index (χ0v) is 12.9. The molecule has 1 saturated carbocycles. The molecule has 2 rings (SSSR count). The summed E-state index contributed by atoms with van der Waals surface area (Å²) in [6.07, 6.45) is 12.3. The Morgan fingerprint density at radius 3 is 2.21 bits per heavy atom. The summed E-state index contributed by atoms with van der Waals surface area (Å²) in [6.45, 7) is 5.99. The molecule has 2 aliphatic rings. The van der Waals surface area contributed by atoms with E-state index in [-0.39, 0.29) is 0 Å². The molecule has 0 aromatic rings. The summed E-state index contributed by atoms with van der Waals surface area (Å²) in [5.41, 5.74) is 6.46. The Morgan fingerprint density at radius 1 is 1.00 bits per heavy atom. The standard InChI is InChI=1S/C16H33N3/c1-18(11-8-14-19-12-6-7-13-19)16(15-17)9-4-2-3-5-10-16/h2-15,17H2,1H3. The van der Waals surface area contributed by atoms with Crippen molar-refractivity contribution >= 4 is 0 Å². The highest BCUT2D eigenvalue weighted by molar-refractivity contribution is 4.91. The number of nitrogens with zero attached hydrogens (tertiary/aromatic N) is 2. The first-order valence-electron chi connectivity index (χ1n) is 8.40. The predicted octanol–water partition coefficient (Wildman–Crippen LogP) is 2.46. The molecule has 0 amide bonds. The fourth-order valence-corrected chi connectivity index (χ4v) is 3.90. The summed E-state index contributed by atoms with van der Waals surface area (Å²) in [5.74, 6) is 0. The van der Waals surface area contributed by atoms with Crippen molar-refractivity contribution in [2.45, 2.75) is 63.3 Å². The number of rotatable bonds is 6. The van der Waals surface area contributed by atoms with Crippen molar-refractivity contribution in [3.05, 3.63) is 0 Å². The van der Waals surface area contributed by atoms with Crippen molar-refractivity contribution in [1.29, 1.82) is 0 Å². The molecule has 2 fully saturated rings. The minimum atomic E-state index is 0.307. The molecule has 2 N–H and O–H groups in total. The lowest BCUT2D eigenvalue weighted by Crippen LogP contribution is -2.52. The quantitative estimate of drug-likeness (QED) is 0.750. The van der Waals surface area contributed by atoms with Gasteiger partial charge in [0.2, 0.25) is 0 Å². The molecule has 1 aliphatic carbocycles. The van der Waals surface area contributed by atoms with E-state index in [9.17, 15) is 0 Å². The van der Waals surface area contributed by atoms with Crippen LogP contribution in [0.3, 0.4) is 0 Å². The maximum absolute atomic E-state index is 6.15. The molecular weight excluding hydrogens is 234 g/mol. The van der Waals surface area contributed by atoms with Crippen LogP contribution in [-0.4, -0.2) is 55.1 Å². The van der Waals surface area contributed by atoms with Gasteiger partial charge in [-0.15, -0.1) is 0 Å². The summed E-state index contributed by atoms with van der Waals surface area (Å²) < 4.78 is 0. The fraction of sp³-hybridized carbons (Fsp3) is 1.00. The molecule has 0 aromatic carbocycles. The highest BCUT2D eigenvalue weighted by Gasteiger charge is 2.33. The topological polar surface area (TPSA) is 32.5 Å². The number of hydrogen-bond donors (Lipinski definition) is 1. The third-order valence-electron chi connectivity index (χ3n) is 5.39. The van der Waals surface area contributed by atoms with Crippen LogP contribution in [0.15, 0.2) is 0 Å². The summed E-state index contributed by atoms with van der Waals surface area (Å²) in [5, 5.41) is 0. The van der Waals surface area contributed by atoms with Crippen LogP contribution < -0.4 is 5.73 Å². The molecule has 19 heavy (non-hydrogen) atoms. The van der Waals surface area contributed by atoms with Gasteiger partial charge in [0, 0.05) is 12.1 Å². The lowest BCUT2D eigenvalue weighted by atomic mass is 9.88. The van der Waals surface area contributed by atoms with Gasteiger partial charge < -0.3 is 10.6 Å². The van der Waals surface area contributed by atoms with E-state index in [0.717, 1.165) is 6.54 Å².